The first-order valence-corrected chi connectivity index (χ1v) is 24.2. The second kappa shape index (κ2) is 22.1. The van der Waals surface area contributed by atoms with Gasteiger partial charge < -0.3 is 30.6 Å². The lowest BCUT2D eigenvalue weighted by atomic mass is 10.1. The van der Waals surface area contributed by atoms with Crippen LogP contribution in [0.1, 0.15) is 33.1 Å². The molecule has 0 bridgehead atoms. The van der Waals surface area contributed by atoms with Gasteiger partial charge in [-0.3, -0.25) is 24.0 Å². The van der Waals surface area contributed by atoms with Gasteiger partial charge in [-0.25, -0.2) is 19.9 Å². The van der Waals surface area contributed by atoms with Crippen molar-refractivity contribution in [1.82, 2.24) is 38.9 Å². The molecule has 0 aliphatic heterocycles. The van der Waals surface area contributed by atoms with E-state index in [4.69, 9.17) is 16.2 Å². The largest absolute Gasteiger partial charge is 0.457 e. The van der Waals surface area contributed by atoms with Crippen LogP contribution < -0.4 is 26.0 Å². The summed E-state index contributed by atoms with van der Waals surface area (Å²) in [6.45, 7) is 1.56. The van der Waals surface area contributed by atoms with Crippen molar-refractivity contribution in [3.8, 4) is 34.0 Å². The molecule has 10 rings (SSSR count). The van der Waals surface area contributed by atoms with Crippen LogP contribution >= 0.6 is 22.6 Å². The van der Waals surface area contributed by atoms with Gasteiger partial charge in [-0.05, 0) is 129 Å². The van der Waals surface area contributed by atoms with Crippen LogP contribution in [-0.2, 0) is 9.59 Å². The number of fused-ring (bicyclic) bond motifs is 2. The van der Waals surface area contributed by atoms with E-state index in [1.54, 1.807) is 36.0 Å². The highest BCUT2D eigenvalue weighted by molar-refractivity contribution is 14.1. The number of carbonyl (C=O) groups excluding carboxylic acids is 2. The van der Waals surface area contributed by atoms with Crippen molar-refractivity contribution in [2.75, 3.05) is 62.5 Å². The van der Waals surface area contributed by atoms with E-state index in [0.717, 1.165) is 78.5 Å². The molecule has 0 spiro atoms. The number of aromatic nitrogens is 6. The van der Waals surface area contributed by atoms with E-state index in [2.05, 4.69) is 66.4 Å². The zero-order valence-electron chi connectivity index (χ0n) is 39.6. The molecule has 8 aromatic rings. The van der Waals surface area contributed by atoms with Gasteiger partial charge in [-0.2, -0.15) is 0 Å². The van der Waals surface area contributed by atoms with E-state index in [9.17, 15) is 9.59 Å². The fraction of sp³-hybridized carbons (Fsp3) is 0.236. The molecule has 0 radical (unpaired) electrons. The van der Waals surface area contributed by atoms with Gasteiger partial charge in [0, 0.05) is 95.7 Å². The average molecular weight is 1060 g/mol. The highest BCUT2D eigenvalue weighted by atomic mass is 127. The zero-order chi connectivity index (χ0) is 48.9. The van der Waals surface area contributed by atoms with E-state index < -0.39 is 0 Å². The first kappa shape index (κ1) is 50.0. The van der Waals surface area contributed by atoms with Crippen LogP contribution in [0.5, 0.6) is 11.5 Å². The monoisotopic (exact) mass is 1060 g/mol. The zero-order valence-corrected chi connectivity index (χ0v) is 41.7. The van der Waals surface area contributed by atoms with E-state index >= 15 is 0 Å². The first-order valence-electron chi connectivity index (χ1n) is 23.1. The average Bonchev–Trinajstić information content (AvgIpc) is 4.33. The molecule has 2 aliphatic carbocycles. The third kappa shape index (κ3) is 11.6. The Morgan fingerprint density at radius 3 is 1.63 bits per heavy atom. The summed E-state index contributed by atoms with van der Waals surface area (Å²) in [7, 11) is 7.76. The number of nitrogen functional groups attached to an aromatic ring is 2. The van der Waals surface area contributed by atoms with Gasteiger partial charge in [0.1, 0.15) is 35.8 Å². The number of hydrogen-bond donors (Lipinski definition) is 2. The fourth-order valence-corrected chi connectivity index (χ4v) is 9.01. The van der Waals surface area contributed by atoms with Crippen molar-refractivity contribution in [3.05, 3.63) is 156 Å². The summed E-state index contributed by atoms with van der Waals surface area (Å²) in [5, 5.41) is 1.60. The molecule has 4 aromatic heterocycles. The lowest BCUT2D eigenvalue weighted by Crippen LogP contribution is -2.25. The van der Waals surface area contributed by atoms with Gasteiger partial charge >= 0.3 is 0 Å². The van der Waals surface area contributed by atoms with Gasteiger partial charge in [0.25, 0.3) is 0 Å². The molecule has 0 saturated heterocycles. The third-order valence-electron chi connectivity index (χ3n) is 12.6. The number of nitrogens with two attached hydrogens (primary N) is 2. The number of likely N-dealkylation sites (N-methyl/N-ethyl adjacent to an activating group) is 4. The predicted octanol–water partition coefficient (Wildman–Crippen LogP) is 9.93. The van der Waals surface area contributed by atoms with Crippen LogP contribution in [0.2, 0.25) is 0 Å². The number of nitrogens with zero attached hydrogens (tertiary/aromatic N) is 10. The minimum Gasteiger partial charge on any atom is -0.457 e. The molecular formula is C55H59IN12O3. The number of ether oxygens (including phenoxy) is 1. The van der Waals surface area contributed by atoms with Crippen molar-refractivity contribution >= 4 is 79.5 Å². The van der Waals surface area contributed by atoms with E-state index in [1.165, 1.54) is 38.3 Å². The summed E-state index contributed by atoms with van der Waals surface area (Å²) in [6, 6.07) is 34.5. The summed E-state index contributed by atoms with van der Waals surface area (Å²) in [4.78, 5) is 50.7. The summed E-state index contributed by atoms with van der Waals surface area (Å²) < 4.78 is 10.9. The normalized spacial score (nSPS) is 13.5. The van der Waals surface area contributed by atoms with Crippen LogP contribution in [0.15, 0.2) is 152 Å². The Hall–Kier alpha value is -7.41. The second-order valence-corrected chi connectivity index (χ2v) is 18.8. The number of benzene rings is 4. The van der Waals surface area contributed by atoms with E-state index in [-0.39, 0.29) is 19.2 Å². The lowest BCUT2D eigenvalue weighted by Gasteiger charge is -2.17. The second-order valence-electron chi connectivity index (χ2n) is 17.6. The molecule has 0 atom stereocenters. The van der Waals surface area contributed by atoms with Crippen LogP contribution in [0.4, 0.5) is 23.0 Å². The maximum absolute atomic E-state index is 12.9. The number of anilines is 4. The molecule has 4 N–H and O–H groups in total. The first-order chi connectivity index (χ1) is 33.9. The summed E-state index contributed by atoms with van der Waals surface area (Å²) in [5.41, 5.74) is 19.0. The Kier molecular flexibility index (Phi) is 15.6. The lowest BCUT2D eigenvalue weighted by molar-refractivity contribution is -0.114. The molecule has 4 aromatic carbocycles. The standard InChI is InChI=1S/C33H32N6O2.C21H23IN6O.CH4/c1-37(24-15-16-24)19-7-12-30(40)38(2)25-8-6-9-26(20-25)39-21-29(31-32(34)35-22-36-33(31)39)23-13-17-28(18-14-23)41-27-10-4-3-5-11-27;1-26(14-8-9-14)10-4-7-18(29)27(2)15-5-3-6-16(11-15)28-12-17(22)19-20(23)24-13-25-21(19)28;/h3-14,17-18,20-22,24H,15-16,19H2,1-2H3,(H2,34,35,36);3-7,11-14H,8-10H2,1-2H3,(H2,23,24,25);1H4/b12-7+;7-4+;. The van der Waals surface area contributed by atoms with Crippen LogP contribution in [0.25, 0.3) is 44.6 Å². The van der Waals surface area contributed by atoms with Gasteiger partial charge in [-0.1, -0.05) is 62.0 Å². The van der Waals surface area contributed by atoms with Crippen molar-refractivity contribution in [3.63, 3.8) is 0 Å². The van der Waals surface area contributed by atoms with Gasteiger partial charge in [0.2, 0.25) is 11.8 Å². The minimum atomic E-state index is -0.0752. The molecule has 16 heteroatoms. The third-order valence-corrected chi connectivity index (χ3v) is 13.4. The molecule has 2 saturated carbocycles. The summed E-state index contributed by atoms with van der Waals surface area (Å²) in [5.74, 6) is 2.25. The SMILES string of the molecule is C.CN(C(=O)/C=C/CN(C)C1CC1)c1cccc(-n2cc(-c3ccc(Oc4ccccc4)cc3)c3c(N)ncnc32)c1.CN(C(=O)/C=C/CN(C)C1CC1)c1cccc(-n2cc(I)c3c(N)ncnc32)c1. The smallest absolute Gasteiger partial charge is 0.250 e. The number of para-hydroxylation sites is 1. The Labute approximate surface area is 428 Å². The van der Waals surface area contributed by atoms with E-state index in [1.807, 2.05) is 137 Å². The molecule has 364 valence electrons. The molecule has 71 heavy (non-hydrogen) atoms. The highest BCUT2D eigenvalue weighted by Gasteiger charge is 2.26. The summed E-state index contributed by atoms with van der Waals surface area (Å²) in [6.07, 6.45) is 19.1. The number of carbonyl (C=O) groups is 2. The van der Waals surface area contributed by atoms with Crippen LogP contribution in [0, 0.1) is 3.57 Å². The Bertz CT molecular complexity index is 3220. The highest BCUT2D eigenvalue weighted by Crippen LogP contribution is 2.36. The van der Waals surface area contributed by atoms with Crippen molar-refractivity contribution in [2.45, 2.75) is 45.2 Å². The Balaban J connectivity index is 0.000000199. The molecule has 0 unspecified atom stereocenters. The number of rotatable bonds is 15. The number of hydrogen-bond acceptors (Lipinski definition) is 11. The molecule has 2 fully saturated rings. The van der Waals surface area contributed by atoms with Crippen molar-refractivity contribution in [1.29, 1.82) is 0 Å². The maximum atomic E-state index is 12.9. The molecule has 4 heterocycles. The van der Waals surface area contributed by atoms with Crippen molar-refractivity contribution in [2.24, 2.45) is 0 Å². The van der Waals surface area contributed by atoms with Gasteiger partial charge in [-0.15, -0.1) is 0 Å². The van der Waals surface area contributed by atoms with Crippen LogP contribution in [0.3, 0.4) is 0 Å². The Morgan fingerprint density at radius 2 is 1.11 bits per heavy atom. The number of amides is 2. The quantitative estimate of drug-likeness (QED) is 0.0740. The molecule has 2 amide bonds. The number of halogens is 1. The van der Waals surface area contributed by atoms with E-state index in [0.29, 0.717) is 29.4 Å². The van der Waals surface area contributed by atoms with Gasteiger partial charge in [0.15, 0.2) is 11.3 Å². The molecule has 2 aliphatic rings. The Morgan fingerprint density at radius 1 is 0.634 bits per heavy atom. The predicted molar refractivity (Wildman–Crippen MR) is 294 cm³/mol. The summed E-state index contributed by atoms with van der Waals surface area (Å²) >= 11 is 2.23. The molecule has 15 nitrogen and oxygen atoms in total. The van der Waals surface area contributed by atoms with Crippen LogP contribution in [-0.4, -0.2) is 104 Å². The van der Waals surface area contributed by atoms with Gasteiger partial charge in [0.05, 0.1) is 10.8 Å². The fourth-order valence-electron chi connectivity index (χ4n) is 8.21. The molecular weight excluding hydrogens is 1000 g/mol. The maximum Gasteiger partial charge on any atom is 0.250 e. The topological polar surface area (TPSA) is 170 Å². The minimum absolute atomic E-state index is 0. The van der Waals surface area contributed by atoms with Crippen molar-refractivity contribution < 1.29 is 14.3 Å².